The van der Waals surface area contributed by atoms with E-state index in [1.54, 1.807) is 36.4 Å². The van der Waals surface area contributed by atoms with Crippen molar-refractivity contribution in [3.8, 4) is 17.2 Å². The molecule has 67 heavy (non-hydrogen) atoms. The lowest BCUT2D eigenvalue weighted by atomic mass is 9.86. The van der Waals surface area contributed by atoms with Gasteiger partial charge in [-0.2, -0.15) is 26.7 Å². The Labute approximate surface area is 390 Å². The van der Waals surface area contributed by atoms with Crippen molar-refractivity contribution in [3.63, 3.8) is 0 Å². The van der Waals surface area contributed by atoms with Crippen LogP contribution in [-0.2, 0) is 35.0 Å². The minimum atomic E-state index is -5.08. The number of aromatic nitrogens is 1. The average molecular weight is 985 g/mol. The lowest BCUT2D eigenvalue weighted by molar-refractivity contribution is -0.605. The summed E-state index contributed by atoms with van der Waals surface area (Å²) in [5.74, 6) is -4.26. The molecule has 0 radical (unpaired) electrons. The molecule has 3 saturated heterocycles. The van der Waals surface area contributed by atoms with Gasteiger partial charge in [-0.1, -0.05) is 53.5 Å². The smallest absolute Gasteiger partial charge is 0.490 e. The van der Waals surface area contributed by atoms with Gasteiger partial charge in [0.25, 0.3) is 0 Å². The lowest BCUT2D eigenvalue weighted by Gasteiger charge is -2.44. The molecule has 2 N–H and O–H groups in total. The first kappa shape index (κ1) is 50.3. The molecule has 4 aliphatic rings. The largest absolute Gasteiger partial charge is 0.619 e. The van der Waals surface area contributed by atoms with Gasteiger partial charge in [-0.25, -0.2) is 19.2 Å². The van der Waals surface area contributed by atoms with Crippen LogP contribution in [0.3, 0.4) is 0 Å². The number of alkyl halides is 5. The van der Waals surface area contributed by atoms with Crippen LogP contribution in [0.4, 0.5) is 27.6 Å². The highest BCUT2D eigenvalue weighted by molar-refractivity contribution is 6.35. The first-order chi connectivity index (χ1) is 31.9. The maximum atomic E-state index is 13.9. The van der Waals surface area contributed by atoms with E-state index in [-0.39, 0.29) is 63.6 Å². The van der Waals surface area contributed by atoms with Crippen molar-refractivity contribution in [1.29, 1.82) is 0 Å². The number of hydrogen-bond acceptors (Lipinski definition) is 13. The van der Waals surface area contributed by atoms with Crippen LogP contribution in [0.25, 0.3) is 0 Å². The molecule has 15 nitrogen and oxygen atoms in total. The van der Waals surface area contributed by atoms with E-state index < -0.39 is 55.4 Å². The molecule has 0 amide bonds. The van der Waals surface area contributed by atoms with Gasteiger partial charge in [0.05, 0.1) is 19.3 Å². The fraction of sp³-hybridized carbons (Fsp3) is 0.400. The molecule has 1 saturated carbocycles. The number of hydrogen-bond donors (Lipinski definition) is 2. The molecular formula is C45H44Cl2F5N3O12. The number of carbonyl (C=O) groups excluding carboxylic acids is 3. The number of anilines is 1. The minimum Gasteiger partial charge on any atom is -0.619 e. The molecule has 22 heteroatoms. The van der Waals surface area contributed by atoms with Crippen LogP contribution >= 0.6 is 23.2 Å². The van der Waals surface area contributed by atoms with Gasteiger partial charge in [0, 0.05) is 29.8 Å². The molecule has 8 rings (SSSR count). The number of methoxy groups -OCH3 is 1. The number of aliphatic carboxylic acids is 1. The molecule has 1 unspecified atom stereocenters. The second-order valence-electron chi connectivity index (χ2n) is 15.7. The zero-order valence-corrected chi connectivity index (χ0v) is 37.0. The predicted molar refractivity (Wildman–Crippen MR) is 228 cm³/mol. The predicted octanol–water partition coefficient (Wildman–Crippen LogP) is 8.13. The summed E-state index contributed by atoms with van der Waals surface area (Å²) in [6.45, 7) is -1.03. The molecule has 360 valence electrons. The number of carbonyl (C=O) groups is 4. The second kappa shape index (κ2) is 22.6. The molecular weight excluding hydrogens is 940 g/mol. The van der Waals surface area contributed by atoms with Gasteiger partial charge in [0.15, 0.2) is 36.5 Å². The highest BCUT2D eigenvalue weighted by Gasteiger charge is 2.39. The number of ether oxygens (including phenoxy) is 6. The number of fused-ring (bicyclic) bond motifs is 3. The molecule has 3 aliphatic heterocycles. The van der Waals surface area contributed by atoms with E-state index in [2.05, 4.69) is 15.0 Å². The number of benzene rings is 3. The van der Waals surface area contributed by atoms with E-state index in [0.29, 0.717) is 33.8 Å². The molecule has 3 aromatic carbocycles. The van der Waals surface area contributed by atoms with Crippen LogP contribution in [0.1, 0.15) is 64.9 Å². The maximum absolute atomic E-state index is 13.9. The molecule has 4 fully saturated rings. The second-order valence-corrected chi connectivity index (χ2v) is 16.5. The van der Waals surface area contributed by atoms with Crippen molar-refractivity contribution in [3.05, 3.63) is 117 Å². The van der Waals surface area contributed by atoms with Crippen LogP contribution in [0.5, 0.6) is 17.2 Å². The number of rotatable bonds is 18. The molecule has 2 bridgehead atoms. The van der Waals surface area contributed by atoms with Gasteiger partial charge >= 0.3 is 36.7 Å². The van der Waals surface area contributed by atoms with Gasteiger partial charge in [-0.15, -0.1) is 0 Å². The first-order valence-electron chi connectivity index (χ1n) is 20.8. The summed E-state index contributed by atoms with van der Waals surface area (Å²) < 4.78 is 92.0. The number of esters is 3. The molecule has 4 aromatic rings. The topological polar surface area (TPSA) is 186 Å². The van der Waals surface area contributed by atoms with Gasteiger partial charge in [0.1, 0.15) is 28.0 Å². The summed E-state index contributed by atoms with van der Waals surface area (Å²) in [6, 6.07) is 16.4. The Hall–Kier alpha value is -6.12. The van der Waals surface area contributed by atoms with E-state index in [1.165, 1.54) is 37.4 Å². The summed E-state index contributed by atoms with van der Waals surface area (Å²) in [5, 5.41) is 22.3. The summed E-state index contributed by atoms with van der Waals surface area (Å²) in [7, 11) is 1.51. The molecule has 4 heterocycles. The number of piperidine rings is 3. The Balaban J connectivity index is 0.000000980. The third kappa shape index (κ3) is 14.2. The summed E-state index contributed by atoms with van der Waals surface area (Å²) in [5.41, 5.74) is 1.55. The van der Waals surface area contributed by atoms with E-state index >= 15 is 0 Å². The number of nitrogens with one attached hydrogen (secondary N) is 1. The monoisotopic (exact) mass is 983 g/mol. The fourth-order valence-corrected chi connectivity index (χ4v) is 7.99. The van der Waals surface area contributed by atoms with Crippen LogP contribution < -0.4 is 24.3 Å². The van der Waals surface area contributed by atoms with Crippen LogP contribution in [0.15, 0.2) is 79.1 Å². The number of carboxylic acid groups (broad SMARTS) is 1. The molecule has 0 spiro atoms. The average Bonchev–Trinajstić information content (AvgIpc) is 4.13. The van der Waals surface area contributed by atoms with E-state index in [0.717, 1.165) is 51.2 Å². The lowest BCUT2D eigenvalue weighted by Crippen LogP contribution is -2.52. The summed E-state index contributed by atoms with van der Waals surface area (Å²) in [4.78, 5) is 51.8. The normalized spacial score (nSPS) is 18.4. The minimum absolute atomic E-state index is 0.00327. The number of nitrogens with zero attached hydrogens (tertiary/aromatic N) is 2. The standard InChI is InChI=1S/C43H43Cl2F2N3O10.C2HF3O2/c1-55-34-8-3-2-7-30(34)40(42(53)59-38-22-49-15-13-26(38)14-16-49)48-29-6-4-5-28(17-29)41(52)57-24-39(51)58-36(19-31-32(44)20-50(54)21-33(31)45)27-11-12-35(60-43(46)47)37(18-27)56-23-25-9-10-25;3-2(4,5)1(6)7/h2-8,11-12,17-18,20-21,25-26,36,38,40,43,48H,9-10,13-16,19,22-24H2,1H3;(H,6,7)/t36-,38-,40?;/m0./s1. The van der Waals surface area contributed by atoms with Crippen molar-refractivity contribution in [2.75, 3.05) is 45.3 Å². The number of para-hydroxylation sites is 1. The molecule has 1 aromatic heterocycles. The number of carboxylic acids is 1. The van der Waals surface area contributed by atoms with Gasteiger partial charge in [0.2, 0.25) is 0 Å². The quantitative estimate of drug-likeness (QED) is 0.0320. The molecule has 1 aliphatic carbocycles. The van der Waals surface area contributed by atoms with Gasteiger partial charge in [-0.05, 0) is 92.6 Å². The van der Waals surface area contributed by atoms with E-state index in [4.69, 9.17) is 56.8 Å². The van der Waals surface area contributed by atoms with Crippen LogP contribution in [0, 0.1) is 17.0 Å². The Kier molecular flexibility index (Phi) is 17.0. The summed E-state index contributed by atoms with van der Waals surface area (Å²) in [6.07, 6.45) is -0.691. The zero-order valence-electron chi connectivity index (χ0n) is 35.5. The number of pyridine rings is 1. The Morgan fingerprint density at radius 3 is 2.22 bits per heavy atom. The SMILES string of the molecule is COc1ccccc1C(Nc1cccc(C(=O)OCC(=O)O[C@@H](Cc2c(Cl)c[n+]([O-])cc2Cl)c2ccc(OC(F)F)c(OCC3CC3)c2)c1)C(=O)O[C@H]1CN2CCC1CC2.O=C(O)C(F)(F)F. The van der Waals surface area contributed by atoms with Crippen molar-refractivity contribution >= 4 is 52.8 Å². The van der Waals surface area contributed by atoms with Gasteiger partial charge in [-0.3, -0.25) is 4.90 Å². The van der Waals surface area contributed by atoms with E-state index in [1.807, 2.05) is 0 Å². The van der Waals surface area contributed by atoms with Crippen molar-refractivity contribution < 1.29 is 79.4 Å². The fourth-order valence-electron chi connectivity index (χ4n) is 7.40. The third-order valence-corrected chi connectivity index (χ3v) is 11.6. The first-order valence-corrected chi connectivity index (χ1v) is 21.5. The van der Waals surface area contributed by atoms with Crippen molar-refractivity contribution in [2.24, 2.45) is 11.8 Å². The van der Waals surface area contributed by atoms with Gasteiger partial charge < -0.3 is 44.1 Å². The Morgan fingerprint density at radius 1 is 0.925 bits per heavy atom. The Morgan fingerprint density at radius 2 is 1.61 bits per heavy atom. The zero-order chi connectivity index (χ0) is 48.4. The number of halogens is 7. The summed E-state index contributed by atoms with van der Waals surface area (Å²) >= 11 is 12.7. The third-order valence-electron chi connectivity index (χ3n) is 11.0. The molecule has 3 atom stereocenters. The Bertz CT molecular complexity index is 2380. The van der Waals surface area contributed by atoms with Crippen molar-refractivity contribution in [1.82, 2.24) is 4.90 Å². The highest BCUT2D eigenvalue weighted by Crippen LogP contribution is 2.39. The highest BCUT2D eigenvalue weighted by atomic mass is 35.5. The van der Waals surface area contributed by atoms with Crippen molar-refractivity contribution in [2.45, 2.75) is 63.1 Å². The van der Waals surface area contributed by atoms with E-state index in [9.17, 15) is 41.5 Å². The van der Waals surface area contributed by atoms with Crippen LogP contribution in [0.2, 0.25) is 10.0 Å². The van der Waals surface area contributed by atoms with Crippen LogP contribution in [-0.4, -0.2) is 92.7 Å². The maximum Gasteiger partial charge on any atom is 0.490 e.